The maximum Gasteiger partial charge on any atom is 0.333 e. The highest BCUT2D eigenvalue weighted by Crippen LogP contribution is 2.32. The second kappa shape index (κ2) is 7.38. The van der Waals surface area contributed by atoms with Crippen LogP contribution in [0.5, 0.6) is 0 Å². The number of aryl methyl sites for hydroxylation is 3. The van der Waals surface area contributed by atoms with Gasteiger partial charge < -0.3 is 4.74 Å². The standard InChI is InChI=1S/C25H26N6O2/c1-15-22(14-29(4)28-15)31-23-19-10-16(17-9-18(12-26-11-17)25(2,3)33-6)7-8-20(19)27-13-21(23)30(5)24(31)32/h7-14H,1-6H3. The average Bonchev–Trinajstić information content (AvgIpc) is 3.28. The van der Waals surface area contributed by atoms with E-state index in [2.05, 4.69) is 27.2 Å². The van der Waals surface area contributed by atoms with Crippen molar-refractivity contribution in [1.29, 1.82) is 0 Å². The van der Waals surface area contributed by atoms with E-state index in [1.54, 1.807) is 34.2 Å². The summed E-state index contributed by atoms with van der Waals surface area (Å²) in [5, 5.41) is 5.33. The molecule has 1 aromatic carbocycles. The Kier molecular flexibility index (Phi) is 4.72. The second-order valence-corrected chi connectivity index (χ2v) is 8.85. The molecule has 8 nitrogen and oxygen atoms in total. The van der Waals surface area contributed by atoms with Gasteiger partial charge in [-0.1, -0.05) is 6.07 Å². The van der Waals surface area contributed by atoms with Gasteiger partial charge in [0, 0.05) is 56.3 Å². The molecule has 4 heterocycles. The minimum Gasteiger partial charge on any atom is -0.374 e. The molecule has 168 valence electrons. The third-order valence-electron chi connectivity index (χ3n) is 6.39. The molecule has 0 unspecified atom stereocenters. The third-order valence-corrected chi connectivity index (χ3v) is 6.39. The summed E-state index contributed by atoms with van der Waals surface area (Å²) in [6.45, 7) is 5.94. The van der Waals surface area contributed by atoms with Crippen molar-refractivity contribution in [3.63, 3.8) is 0 Å². The maximum atomic E-state index is 13.3. The Hall–Kier alpha value is -3.78. The van der Waals surface area contributed by atoms with Gasteiger partial charge in [0.1, 0.15) is 0 Å². The molecule has 0 spiro atoms. The molecule has 0 atom stereocenters. The number of nitrogens with zero attached hydrogens (tertiary/aromatic N) is 6. The summed E-state index contributed by atoms with van der Waals surface area (Å²) in [6, 6.07) is 8.18. The largest absolute Gasteiger partial charge is 0.374 e. The van der Waals surface area contributed by atoms with Crippen molar-refractivity contribution in [3.05, 3.63) is 70.8 Å². The summed E-state index contributed by atoms with van der Waals surface area (Å²) < 4.78 is 10.7. The van der Waals surface area contributed by atoms with Crippen LogP contribution in [0, 0.1) is 6.92 Å². The van der Waals surface area contributed by atoms with Gasteiger partial charge in [0.05, 0.1) is 39.7 Å². The Labute approximate surface area is 191 Å². The lowest BCUT2D eigenvalue weighted by atomic mass is 9.96. The molecule has 0 saturated heterocycles. The van der Waals surface area contributed by atoms with Crippen molar-refractivity contribution in [2.75, 3.05) is 7.11 Å². The molecule has 0 saturated carbocycles. The molecular formula is C25H26N6O2. The Morgan fingerprint density at radius 1 is 1.03 bits per heavy atom. The summed E-state index contributed by atoms with van der Waals surface area (Å²) in [6.07, 6.45) is 7.29. The average molecular weight is 443 g/mol. The highest BCUT2D eigenvalue weighted by atomic mass is 16.5. The topological polar surface area (TPSA) is 79.8 Å². The monoisotopic (exact) mass is 442 g/mol. The van der Waals surface area contributed by atoms with Gasteiger partial charge in [0.15, 0.2) is 0 Å². The Morgan fingerprint density at radius 3 is 2.52 bits per heavy atom. The Morgan fingerprint density at radius 2 is 1.82 bits per heavy atom. The van der Waals surface area contributed by atoms with Crippen LogP contribution in [0.1, 0.15) is 25.1 Å². The molecule has 0 aliphatic heterocycles. The van der Waals surface area contributed by atoms with Gasteiger partial charge in [-0.3, -0.25) is 23.8 Å². The van der Waals surface area contributed by atoms with E-state index in [-0.39, 0.29) is 5.69 Å². The fourth-order valence-electron chi connectivity index (χ4n) is 4.25. The van der Waals surface area contributed by atoms with Crippen molar-refractivity contribution < 1.29 is 4.74 Å². The maximum absolute atomic E-state index is 13.3. The summed E-state index contributed by atoms with van der Waals surface area (Å²) in [5.74, 6) is 0. The van der Waals surface area contributed by atoms with Crippen LogP contribution in [0.15, 0.2) is 53.8 Å². The van der Waals surface area contributed by atoms with Crippen LogP contribution >= 0.6 is 0 Å². The fraction of sp³-hybridized carbons (Fsp3) is 0.280. The number of benzene rings is 1. The zero-order valence-corrected chi connectivity index (χ0v) is 19.6. The van der Waals surface area contributed by atoms with E-state index in [0.29, 0.717) is 0 Å². The molecule has 0 bridgehead atoms. The highest BCUT2D eigenvalue weighted by Gasteiger charge is 2.21. The van der Waals surface area contributed by atoms with Crippen LogP contribution in [0.25, 0.3) is 38.8 Å². The predicted octanol–water partition coefficient (Wildman–Crippen LogP) is 3.86. The van der Waals surface area contributed by atoms with E-state index in [1.165, 1.54) is 0 Å². The lowest BCUT2D eigenvalue weighted by Gasteiger charge is -2.23. The number of methoxy groups -OCH3 is 1. The van der Waals surface area contributed by atoms with Gasteiger partial charge in [-0.05, 0) is 44.5 Å². The first-order valence-corrected chi connectivity index (χ1v) is 10.7. The van der Waals surface area contributed by atoms with E-state index in [9.17, 15) is 4.79 Å². The van der Waals surface area contributed by atoms with Crippen LogP contribution in [0.3, 0.4) is 0 Å². The molecule has 0 amide bonds. The van der Waals surface area contributed by atoms with Gasteiger partial charge in [-0.25, -0.2) is 4.79 Å². The van der Waals surface area contributed by atoms with Crippen LogP contribution in [0.4, 0.5) is 0 Å². The number of fused-ring (bicyclic) bond motifs is 3. The van der Waals surface area contributed by atoms with E-state index in [0.717, 1.165) is 50.0 Å². The number of aromatic nitrogens is 6. The predicted molar refractivity (Wildman–Crippen MR) is 129 cm³/mol. The molecule has 4 aromatic heterocycles. The van der Waals surface area contributed by atoms with Crippen molar-refractivity contribution in [2.45, 2.75) is 26.4 Å². The zero-order chi connectivity index (χ0) is 23.5. The molecule has 33 heavy (non-hydrogen) atoms. The number of rotatable bonds is 4. The first kappa shape index (κ1) is 21.1. The summed E-state index contributed by atoms with van der Waals surface area (Å²) in [7, 11) is 5.32. The van der Waals surface area contributed by atoms with Crippen LogP contribution in [0.2, 0.25) is 0 Å². The summed E-state index contributed by atoms with van der Waals surface area (Å²) in [5.41, 5.74) is 6.30. The van der Waals surface area contributed by atoms with Gasteiger partial charge in [0.25, 0.3) is 0 Å². The van der Waals surface area contributed by atoms with E-state index >= 15 is 0 Å². The lowest BCUT2D eigenvalue weighted by Crippen LogP contribution is -2.21. The van der Waals surface area contributed by atoms with E-state index in [4.69, 9.17) is 4.74 Å². The van der Waals surface area contributed by atoms with Crippen molar-refractivity contribution in [3.8, 4) is 16.8 Å². The molecular weight excluding hydrogens is 416 g/mol. The number of hydrogen-bond acceptors (Lipinski definition) is 5. The number of imidazole rings is 1. The van der Waals surface area contributed by atoms with Crippen LogP contribution in [-0.4, -0.2) is 36.0 Å². The van der Waals surface area contributed by atoms with E-state index < -0.39 is 5.60 Å². The summed E-state index contributed by atoms with van der Waals surface area (Å²) in [4.78, 5) is 22.3. The molecule has 0 aliphatic rings. The lowest BCUT2D eigenvalue weighted by molar-refractivity contribution is 0.0190. The molecule has 0 radical (unpaired) electrons. The fourth-order valence-corrected chi connectivity index (χ4v) is 4.25. The molecule has 0 N–H and O–H groups in total. The smallest absolute Gasteiger partial charge is 0.333 e. The van der Waals surface area contributed by atoms with E-state index in [1.807, 2.05) is 58.5 Å². The SMILES string of the molecule is COC(C)(C)c1cncc(-c2ccc3ncc4c(c3c2)n(-c2cn(C)nc2C)c(=O)n4C)c1. The van der Waals surface area contributed by atoms with Crippen LogP contribution in [-0.2, 0) is 24.4 Å². The summed E-state index contributed by atoms with van der Waals surface area (Å²) >= 11 is 0. The molecule has 5 rings (SSSR count). The Balaban J connectivity index is 1.81. The number of pyridine rings is 2. The molecule has 5 aromatic rings. The molecule has 0 aliphatic carbocycles. The molecule has 8 heteroatoms. The van der Waals surface area contributed by atoms with Crippen LogP contribution < -0.4 is 5.69 Å². The number of ether oxygens (including phenoxy) is 1. The minimum absolute atomic E-state index is 0.133. The highest BCUT2D eigenvalue weighted by molar-refractivity contribution is 6.04. The van der Waals surface area contributed by atoms with Gasteiger partial charge in [0.2, 0.25) is 0 Å². The zero-order valence-electron chi connectivity index (χ0n) is 19.6. The second-order valence-electron chi connectivity index (χ2n) is 8.85. The van der Waals surface area contributed by atoms with Crippen molar-refractivity contribution in [2.24, 2.45) is 14.1 Å². The van der Waals surface area contributed by atoms with Gasteiger partial charge in [-0.15, -0.1) is 0 Å². The quantitative estimate of drug-likeness (QED) is 0.422. The first-order chi connectivity index (χ1) is 15.7. The van der Waals surface area contributed by atoms with Gasteiger partial charge in [-0.2, -0.15) is 5.10 Å². The van der Waals surface area contributed by atoms with Crippen molar-refractivity contribution in [1.82, 2.24) is 28.9 Å². The number of hydrogen-bond donors (Lipinski definition) is 0. The van der Waals surface area contributed by atoms with Gasteiger partial charge >= 0.3 is 5.69 Å². The third kappa shape index (κ3) is 3.25. The normalized spacial score (nSPS) is 12.2. The Bertz CT molecular complexity index is 1590. The minimum atomic E-state index is -0.452. The van der Waals surface area contributed by atoms with Crippen molar-refractivity contribution >= 4 is 21.9 Å². The first-order valence-electron chi connectivity index (χ1n) is 10.7. The molecule has 0 fully saturated rings.